The first-order valence-electron chi connectivity index (χ1n) is 10.7. The smallest absolute Gasteiger partial charge is 0.261 e. The molecule has 1 aliphatic heterocycles. The summed E-state index contributed by atoms with van der Waals surface area (Å²) in [5.41, 5.74) is 0.253. The number of aliphatic hydroxyl groups is 1. The Kier molecular flexibility index (Phi) is 6.48. The first-order chi connectivity index (χ1) is 15.4. The van der Waals surface area contributed by atoms with Gasteiger partial charge in [0.1, 0.15) is 5.75 Å². The minimum atomic E-state index is -1.06. The molecule has 8 heteroatoms. The van der Waals surface area contributed by atoms with Gasteiger partial charge in [-0.25, -0.2) is 4.98 Å². The molecule has 4 rings (SSSR count). The number of para-hydroxylation sites is 1. The quantitative estimate of drug-likeness (QED) is 0.617. The first kappa shape index (κ1) is 22.3. The van der Waals surface area contributed by atoms with Crippen molar-refractivity contribution in [2.24, 2.45) is 0 Å². The van der Waals surface area contributed by atoms with Crippen LogP contribution in [0.1, 0.15) is 24.8 Å². The maximum absolute atomic E-state index is 12.8. The van der Waals surface area contributed by atoms with Gasteiger partial charge in [-0.3, -0.25) is 14.2 Å². The second kappa shape index (κ2) is 9.30. The lowest BCUT2D eigenvalue weighted by molar-refractivity contribution is -0.135. The Bertz CT molecular complexity index is 1190. The van der Waals surface area contributed by atoms with Crippen LogP contribution in [0.15, 0.2) is 53.6 Å². The zero-order chi connectivity index (χ0) is 22.7. The number of hydrogen-bond acceptors (Lipinski definition) is 5. The van der Waals surface area contributed by atoms with Crippen LogP contribution in [0.25, 0.3) is 10.9 Å². The lowest BCUT2D eigenvalue weighted by atomic mass is 9.91. The highest BCUT2D eigenvalue weighted by molar-refractivity contribution is 6.31. The highest BCUT2D eigenvalue weighted by Gasteiger charge is 2.34. The molecule has 0 bridgehead atoms. The number of ether oxygens (including phenoxy) is 1. The molecule has 0 radical (unpaired) electrons. The number of nitrogens with zero attached hydrogens (tertiary/aromatic N) is 3. The van der Waals surface area contributed by atoms with Crippen LogP contribution in [0.5, 0.6) is 5.75 Å². The lowest BCUT2D eigenvalue weighted by Gasteiger charge is -2.38. The topological polar surface area (TPSA) is 84.7 Å². The minimum Gasteiger partial charge on any atom is -0.496 e. The third-order valence-corrected chi connectivity index (χ3v) is 6.33. The second-order valence-electron chi connectivity index (χ2n) is 8.26. The molecule has 0 atom stereocenters. The summed E-state index contributed by atoms with van der Waals surface area (Å²) in [5.74, 6) is 0.837. The molecule has 1 saturated heterocycles. The van der Waals surface area contributed by atoms with Crippen molar-refractivity contribution in [2.75, 3.05) is 20.2 Å². The number of amides is 1. The van der Waals surface area contributed by atoms with E-state index in [4.69, 9.17) is 16.3 Å². The lowest BCUT2D eigenvalue weighted by Crippen LogP contribution is -2.49. The van der Waals surface area contributed by atoms with E-state index >= 15 is 0 Å². The molecule has 0 aliphatic carbocycles. The van der Waals surface area contributed by atoms with E-state index in [0.29, 0.717) is 54.7 Å². The Hall–Kier alpha value is -2.90. The molecule has 0 saturated carbocycles. The molecule has 1 aliphatic rings. The predicted molar refractivity (Wildman–Crippen MR) is 123 cm³/mol. The highest BCUT2D eigenvalue weighted by atomic mass is 35.5. The van der Waals surface area contributed by atoms with E-state index in [9.17, 15) is 14.7 Å². The zero-order valence-corrected chi connectivity index (χ0v) is 18.7. The SMILES string of the molecule is COc1ccccc1CCC(=O)N1CCC(O)(Cn2cnc3cc(Cl)ccc3c2=O)CC1. The third kappa shape index (κ3) is 4.79. The van der Waals surface area contributed by atoms with Crippen molar-refractivity contribution >= 4 is 28.4 Å². The van der Waals surface area contributed by atoms with Crippen LogP contribution in [0.3, 0.4) is 0 Å². The number of rotatable bonds is 6. The van der Waals surface area contributed by atoms with Gasteiger partial charge in [-0.1, -0.05) is 29.8 Å². The number of carbonyl (C=O) groups excluding carboxylic acids is 1. The predicted octanol–water partition coefficient (Wildman–Crippen LogP) is 3.04. The van der Waals surface area contributed by atoms with E-state index in [1.165, 1.54) is 10.9 Å². The van der Waals surface area contributed by atoms with Gasteiger partial charge in [-0.05, 0) is 49.1 Å². The van der Waals surface area contributed by atoms with Crippen molar-refractivity contribution in [3.05, 3.63) is 69.7 Å². The summed E-state index contributed by atoms with van der Waals surface area (Å²) in [6.07, 6.45) is 3.24. The Labute approximate surface area is 191 Å². The average molecular weight is 456 g/mol. The number of piperidine rings is 1. The molecule has 0 spiro atoms. The molecule has 1 aromatic heterocycles. The molecule has 3 aromatic rings. The van der Waals surface area contributed by atoms with Crippen LogP contribution in [-0.2, 0) is 17.8 Å². The first-order valence-corrected chi connectivity index (χ1v) is 11.0. The van der Waals surface area contributed by atoms with Crippen LogP contribution >= 0.6 is 11.6 Å². The van der Waals surface area contributed by atoms with Gasteiger partial charge < -0.3 is 14.7 Å². The van der Waals surface area contributed by atoms with E-state index in [1.807, 2.05) is 24.3 Å². The van der Waals surface area contributed by atoms with Crippen molar-refractivity contribution in [3.63, 3.8) is 0 Å². The zero-order valence-electron chi connectivity index (χ0n) is 18.0. The second-order valence-corrected chi connectivity index (χ2v) is 8.69. The Morgan fingerprint density at radius 1 is 1.22 bits per heavy atom. The number of fused-ring (bicyclic) bond motifs is 1. The molecule has 2 heterocycles. The van der Waals surface area contributed by atoms with Crippen LogP contribution in [0.2, 0.25) is 5.02 Å². The van der Waals surface area contributed by atoms with Crippen LogP contribution in [0, 0.1) is 0 Å². The largest absolute Gasteiger partial charge is 0.496 e. The van der Waals surface area contributed by atoms with Gasteiger partial charge >= 0.3 is 0 Å². The molecule has 1 N–H and O–H groups in total. The average Bonchev–Trinajstić information content (AvgIpc) is 2.80. The molecule has 0 unspecified atom stereocenters. The van der Waals surface area contributed by atoms with E-state index in [1.54, 1.807) is 30.2 Å². The standard InChI is InChI=1S/C24H26ClN3O4/c1-32-21-5-3-2-4-17(21)6-9-22(29)27-12-10-24(31,11-13-27)15-28-16-26-20-14-18(25)7-8-19(20)23(28)30/h2-5,7-8,14,16,31H,6,9-13,15H2,1H3. The molecule has 1 amide bonds. The molecule has 2 aromatic carbocycles. The fraction of sp³-hybridized carbons (Fsp3) is 0.375. The fourth-order valence-electron chi connectivity index (χ4n) is 4.20. The number of benzene rings is 2. The van der Waals surface area contributed by atoms with Gasteiger partial charge in [0.2, 0.25) is 5.91 Å². The normalized spacial score (nSPS) is 15.7. The fourth-order valence-corrected chi connectivity index (χ4v) is 4.37. The van der Waals surface area contributed by atoms with Crippen molar-refractivity contribution in [1.82, 2.24) is 14.5 Å². The summed E-state index contributed by atoms with van der Waals surface area (Å²) < 4.78 is 6.79. The maximum Gasteiger partial charge on any atom is 0.261 e. The van der Waals surface area contributed by atoms with Crippen LogP contribution in [-0.4, -0.2) is 51.3 Å². The Balaban J connectivity index is 1.37. The van der Waals surface area contributed by atoms with Crippen molar-refractivity contribution < 1.29 is 14.6 Å². The van der Waals surface area contributed by atoms with Crippen molar-refractivity contribution in [3.8, 4) is 5.75 Å². The van der Waals surface area contributed by atoms with Crippen LogP contribution < -0.4 is 10.3 Å². The molecular weight excluding hydrogens is 430 g/mol. The van der Waals surface area contributed by atoms with Gasteiger partial charge in [0.05, 0.1) is 36.5 Å². The number of likely N-dealkylation sites (tertiary alicyclic amines) is 1. The van der Waals surface area contributed by atoms with Crippen molar-refractivity contribution in [2.45, 2.75) is 37.8 Å². The summed E-state index contributed by atoms with van der Waals surface area (Å²) in [4.78, 5) is 31.6. The molecule has 1 fully saturated rings. The van der Waals surface area contributed by atoms with Gasteiger partial charge in [-0.2, -0.15) is 0 Å². The number of methoxy groups -OCH3 is 1. The third-order valence-electron chi connectivity index (χ3n) is 6.10. The molecule has 168 valence electrons. The minimum absolute atomic E-state index is 0.0550. The molecule has 7 nitrogen and oxygen atoms in total. The van der Waals surface area contributed by atoms with Gasteiger partial charge in [0.25, 0.3) is 5.56 Å². The summed E-state index contributed by atoms with van der Waals surface area (Å²) in [7, 11) is 1.62. The van der Waals surface area contributed by atoms with E-state index in [2.05, 4.69) is 4.98 Å². The van der Waals surface area contributed by atoms with E-state index in [-0.39, 0.29) is 18.0 Å². The number of aromatic nitrogens is 2. The van der Waals surface area contributed by atoms with Gasteiger partial charge in [0, 0.05) is 24.5 Å². The molecule has 32 heavy (non-hydrogen) atoms. The van der Waals surface area contributed by atoms with Gasteiger partial charge in [0.15, 0.2) is 0 Å². The summed E-state index contributed by atoms with van der Waals surface area (Å²) >= 11 is 5.97. The summed E-state index contributed by atoms with van der Waals surface area (Å²) in [6.45, 7) is 1.04. The van der Waals surface area contributed by atoms with Gasteiger partial charge in [-0.15, -0.1) is 0 Å². The van der Waals surface area contributed by atoms with Crippen LogP contribution in [0.4, 0.5) is 0 Å². The highest BCUT2D eigenvalue weighted by Crippen LogP contribution is 2.25. The molecular formula is C24H26ClN3O4. The summed E-state index contributed by atoms with van der Waals surface area (Å²) in [6, 6.07) is 12.6. The van der Waals surface area contributed by atoms with Crippen molar-refractivity contribution in [1.29, 1.82) is 0 Å². The maximum atomic E-state index is 12.8. The number of hydrogen-bond donors (Lipinski definition) is 1. The summed E-state index contributed by atoms with van der Waals surface area (Å²) in [5, 5.41) is 12.1. The number of aryl methyl sites for hydroxylation is 1. The number of carbonyl (C=O) groups is 1. The number of halogens is 1. The van der Waals surface area contributed by atoms with E-state index < -0.39 is 5.60 Å². The van der Waals surface area contributed by atoms with E-state index in [0.717, 1.165) is 11.3 Å². The Morgan fingerprint density at radius 3 is 2.72 bits per heavy atom. The Morgan fingerprint density at radius 2 is 1.97 bits per heavy atom. The monoisotopic (exact) mass is 455 g/mol.